The molecule has 1 N–H and O–H groups in total. The Hall–Kier alpha value is -1.34. The fourth-order valence-corrected chi connectivity index (χ4v) is 4.30. The Kier molecular flexibility index (Phi) is 5.05. The van der Waals surface area contributed by atoms with E-state index in [-0.39, 0.29) is 17.5 Å². The first-order valence-electron chi connectivity index (χ1n) is 6.88. The van der Waals surface area contributed by atoms with Crippen molar-refractivity contribution in [1.82, 2.24) is 4.90 Å². The zero-order valence-corrected chi connectivity index (χ0v) is 13.8. The number of hydrogen-bond donors (Lipinski definition) is 1. The standard InChI is InChI=1S/C14H20N2O3S2/c1-3-19-13-6-4-11(5-7-13)15-14(20)16(2)12-8-9-21(17,18)10-12/h4-7,12H,3,8-10H2,1-2H3,(H,15,20)/t12-/m0/s1. The first-order chi connectivity index (χ1) is 9.91. The molecule has 1 heterocycles. The van der Waals surface area contributed by atoms with Crippen LogP contribution in [0.3, 0.4) is 0 Å². The SMILES string of the molecule is CCOc1ccc(NC(=S)N(C)[C@H]2CCS(=O)(=O)C2)cc1. The molecule has 1 aliphatic rings. The number of nitrogens with zero attached hydrogens (tertiary/aromatic N) is 1. The van der Waals surface area contributed by atoms with Crippen molar-refractivity contribution in [3.8, 4) is 5.75 Å². The van der Waals surface area contributed by atoms with E-state index >= 15 is 0 Å². The number of nitrogens with one attached hydrogen (secondary N) is 1. The molecule has 1 aromatic rings. The molecular formula is C14H20N2O3S2. The highest BCUT2D eigenvalue weighted by Gasteiger charge is 2.31. The lowest BCUT2D eigenvalue weighted by Crippen LogP contribution is -2.40. The van der Waals surface area contributed by atoms with Gasteiger partial charge in [0.2, 0.25) is 0 Å². The summed E-state index contributed by atoms with van der Waals surface area (Å²) in [6, 6.07) is 7.47. The molecule has 116 valence electrons. The summed E-state index contributed by atoms with van der Waals surface area (Å²) >= 11 is 5.34. The number of thiocarbonyl (C=S) groups is 1. The third-order valence-corrected chi connectivity index (χ3v) is 5.63. The fourth-order valence-electron chi connectivity index (χ4n) is 2.26. The van der Waals surface area contributed by atoms with Crippen LogP contribution in [0, 0.1) is 0 Å². The van der Waals surface area contributed by atoms with Crippen LogP contribution < -0.4 is 10.1 Å². The molecule has 5 nitrogen and oxygen atoms in total. The number of ether oxygens (including phenoxy) is 1. The molecule has 0 spiro atoms. The molecule has 0 aliphatic carbocycles. The van der Waals surface area contributed by atoms with E-state index in [1.807, 2.05) is 43.1 Å². The van der Waals surface area contributed by atoms with Gasteiger partial charge in [-0.3, -0.25) is 0 Å². The Morgan fingerprint density at radius 3 is 2.62 bits per heavy atom. The van der Waals surface area contributed by atoms with Crippen LogP contribution in [0.25, 0.3) is 0 Å². The van der Waals surface area contributed by atoms with Crippen LogP contribution in [0.2, 0.25) is 0 Å². The minimum Gasteiger partial charge on any atom is -0.494 e. The molecule has 0 unspecified atom stereocenters. The van der Waals surface area contributed by atoms with Gasteiger partial charge >= 0.3 is 0 Å². The van der Waals surface area contributed by atoms with Gasteiger partial charge in [-0.2, -0.15) is 0 Å². The minimum atomic E-state index is -2.90. The molecule has 1 fully saturated rings. The quantitative estimate of drug-likeness (QED) is 0.852. The van der Waals surface area contributed by atoms with Crippen LogP contribution in [0.1, 0.15) is 13.3 Å². The van der Waals surface area contributed by atoms with Gasteiger partial charge in [0.05, 0.1) is 18.1 Å². The molecule has 0 aromatic heterocycles. The van der Waals surface area contributed by atoms with Gasteiger partial charge in [0.25, 0.3) is 0 Å². The molecule has 0 bridgehead atoms. The predicted molar refractivity (Wildman–Crippen MR) is 88.7 cm³/mol. The molecule has 0 radical (unpaired) electrons. The largest absolute Gasteiger partial charge is 0.494 e. The molecule has 1 atom stereocenters. The second-order valence-electron chi connectivity index (χ2n) is 5.06. The van der Waals surface area contributed by atoms with Crippen LogP contribution >= 0.6 is 12.2 Å². The third kappa shape index (κ3) is 4.31. The van der Waals surface area contributed by atoms with E-state index in [1.165, 1.54) is 0 Å². The van der Waals surface area contributed by atoms with E-state index in [9.17, 15) is 8.42 Å². The molecule has 1 aromatic carbocycles. The highest BCUT2D eigenvalue weighted by Crippen LogP contribution is 2.19. The Bertz CT molecular complexity index is 599. The van der Waals surface area contributed by atoms with Crippen LogP contribution in [0.15, 0.2) is 24.3 Å². The van der Waals surface area contributed by atoms with E-state index in [0.29, 0.717) is 18.1 Å². The summed E-state index contributed by atoms with van der Waals surface area (Å²) in [5, 5.41) is 3.65. The van der Waals surface area contributed by atoms with Crippen molar-refractivity contribution in [3.05, 3.63) is 24.3 Å². The summed E-state index contributed by atoms with van der Waals surface area (Å²) < 4.78 is 28.4. The lowest BCUT2D eigenvalue weighted by Gasteiger charge is -2.26. The van der Waals surface area contributed by atoms with E-state index in [1.54, 1.807) is 0 Å². The lowest BCUT2D eigenvalue weighted by molar-refractivity contribution is 0.340. The Labute approximate surface area is 131 Å². The number of sulfone groups is 1. The van der Waals surface area contributed by atoms with Crippen molar-refractivity contribution >= 4 is 32.9 Å². The van der Waals surface area contributed by atoms with Crippen LogP contribution in [0.5, 0.6) is 5.75 Å². The molecule has 21 heavy (non-hydrogen) atoms. The number of hydrogen-bond acceptors (Lipinski definition) is 4. The van der Waals surface area contributed by atoms with Crippen LogP contribution in [-0.4, -0.2) is 49.6 Å². The summed E-state index contributed by atoms with van der Waals surface area (Å²) in [5.41, 5.74) is 0.858. The van der Waals surface area contributed by atoms with Gasteiger partial charge in [-0.05, 0) is 49.8 Å². The summed E-state index contributed by atoms with van der Waals surface area (Å²) in [5.74, 6) is 1.23. The van der Waals surface area contributed by atoms with Crippen molar-refractivity contribution in [2.75, 3.05) is 30.5 Å². The lowest BCUT2D eigenvalue weighted by atomic mass is 10.2. The van der Waals surface area contributed by atoms with E-state index < -0.39 is 9.84 Å². The van der Waals surface area contributed by atoms with Crippen LogP contribution in [0.4, 0.5) is 5.69 Å². The maximum Gasteiger partial charge on any atom is 0.173 e. The van der Waals surface area contributed by atoms with Gasteiger partial charge in [-0.25, -0.2) is 8.42 Å². The Morgan fingerprint density at radius 1 is 1.43 bits per heavy atom. The summed E-state index contributed by atoms with van der Waals surface area (Å²) in [4.78, 5) is 1.83. The Balaban J connectivity index is 1.94. The highest BCUT2D eigenvalue weighted by molar-refractivity contribution is 7.91. The van der Waals surface area contributed by atoms with Crippen molar-refractivity contribution in [3.63, 3.8) is 0 Å². The predicted octanol–water partition coefficient (Wildman–Crippen LogP) is 1.90. The number of anilines is 1. The first kappa shape index (κ1) is 16.0. The van der Waals surface area contributed by atoms with Gasteiger partial charge in [0.15, 0.2) is 14.9 Å². The molecule has 2 rings (SSSR count). The summed E-state index contributed by atoms with van der Waals surface area (Å²) in [6.07, 6.45) is 0.629. The molecule has 1 aliphatic heterocycles. The second-order valence-corrected chi connectivity index (χ2v) is 7.67. The number of rotatable bonds is 4. The minimum absolute atomic E-state index is 0.0438. The first-order valence-corrected chi connectivity index (χ1v) is 9.11. The molecule has 1 saturated heterocycles. The van der Waals surface area contributed by atoms with Crippen LogP contribution in [-0.2, 0) is 9.84 Å². The second kappa shape index (κ2) is 6.62. The molecule has 7 heteroatoms. The molecular weight excluding hydrogens is 308 g/mol. The van der Waals surface area contributed by atoms with Gasteiger partial charge in [-0.1, -0.05) is 0 Å². The summed E-state index contributed by atoms with van der Waals surface area (Å²) in [6.45, 7) is 2.57. The maximum atomic E-state index is 11.5. The van der Waals surface area contributed by atoms with Gasteiger partial charge < -0.3 is 15.0 Å². The molecule has 0 saturated carbocycles. The summed E-state index contributed by atoms with van der Waals surface area (Å²) in [7, 11) is -1.08. The van der Waals surface area contributed by atoms with Crippen molar-refractivity contribution in [1.29, 1.82) is 0 Å². The average Bonchev–Trinajstić information content (AvgIpc) is 2.80. The van der Waals surface area contributed by atoms with E-state index in [2.05, 4.69) is 5.32 Å². The van der Waals surface area contributed by atoms with Gasteiger partial charge in [0.1, 0.15) is 5.75 Å². The average molecular weight is 328 g/mol. The zero-order valence-electron chi connectivity index (χ0n) is 12.2. The maximum absolute atomic E-state index is 11.5. The topological polar surface area (TPSA) is 58.6 Å². The smallest absolute Gasteiger partial charge is 0.173 e. The molecule has 0 amide bonds. The van der Waals surface area contributed by atoms with E-state index in [0.717, 1.165) is 11.4 Å². The van der Waals surface area contributed by atoms with E-state index in [4.69, 9.17) is 17.0 Å². The third-order valence-electron chi connectivity index (χ3n) is 3.49. The number of benzene rings is 1. The fraction of sp³-hybridized carbons (Fsp3) is 0.500. The highest BCUT2D eigenvalue weighted by atomic mass is 32.2. The monoisotopic (exact) mass is 328 g/mol. The zero-order chi connectivity index (χ0) is 15.5. The van der Waals surface area contributed by atoms with Gasteiger partial charge in [-0.15, -0.1) is 0 Å². The van der Waals surface area contributed by atoms with Crippen molar-refractivity contribution < 1.29 is 13.2 Å². The normalized spacial score (nSPS) is 20.0. The van der Waals surface area contributed by atoms with Crippen molar-refractivity contribution in [2.24, 2.45) is 0 Å². The van der Waals surface area contributed by atoms with Gasteiger partial charge in [0, 0.05) is 18.8 Å². The Morgan fingerprint density at radius 2 is 2.10 bits per heavy atom. The van der Waals surface area contributed by atoms with Crippen molar-refractivity contribution in [2.45, 2.75) is 19.4 Å².